The molecular formula is C16H24Cl2N2O. The lowest BCUT2D eigenvalue weighted by atomic mass is 9.76. The number of halogens is 2. The molecule has 3 N–H and O–H groups in total. The first kappa shape index (κ1) is 18.3. The number of carbonyl (C=O) groups excluding carboxylic acids is 1. The van der Waals surface area contributed by atoms with Crippen molar-refractivity contribution in [3.8, 4) is 0 Å². The number of hydrogen-bond donors (Lipinski definition) is 2. The van der Waals surface area contributed by atoms with Crippen LogP contribution < -0.4 is 11.1 Å². The Kier molecular flexibility index (Phi) is 6.98. The van der Waals surface area contributed by atoms with Crippen LogP contribution in [0.15, 0.2) is 18.2 Å². The maximum Gasteiger partial charge on any atom is 0.224 e. The van der Waals surface area contributed by atoms with Gasteiger partial charge in [0.2, 0.25) is 5.91 Å². The van der Waals surface area contributed by atoms with Gasteiger partial charge in [0.15, 0.2) is 0 Å². The molecule has 1 unspecified atom stereocenters. The number of benzene rings is 1. The van der Waals surface area contributed by atoms with Gasteiger partial charge in [-0.15, -0.1) is 0 Å². The van der Waals surface area contributed by atoms with E-state index in [1.807, 2.05) is 0 Å². The second-order valence-electron chi connectivity index (χ2n) is 6.35. The molecule has 21 heavy (non-hydrogen) atoms. The lowest BCUT2D eigenvalue weighted by molar-refractivity contribution is -0.116. The molecule has 1 rings (SSSR count). The van der Waals surface area contributed by atoms with Crippen LogP contribution in [-0.4, -0.2) is 12.5 Å². The third-order valence-electron chi connectivity index (χ3n) is 3.66. The van der Waals surface area contributed by atoms with Crippen molar-refractivity contribution < 1.29 is 4.79 Å². The zero-order chi connectivity index (χ0) is 16.0. The topological polar surface area (TPSA) is 55.1 Å². The SMILES string of the molecule is CC(C)(C)C(CCN)CCC(=O)Nc1cc(Cl)ccc1Cl. The van der Waals surface area contributed by atoms with Crippen LogP contribution >= 0.6 is 23.2 Å². The van der Waals surface area contributed by atoms with Gasteiger partial charge in [-0.2, -0.15) is 0 Å². The van der Waals surface area contributed by atoms with Gasteiger partial charge in [-0.25, -0.2) is 0 Å². The van der Waals surface area contributed by atoms with Crippen LogP contribution in [0.5, 0.6) is 0 Å². The Bertz CT molecular complexity index is 484. The molecule has 0 spiro atoms. The number of nitrogens with two attached hydrogens (primary N) is 1. The van der Waals surface area contributed by atoms with Gasteiger partial charge in [0.25, 0.3) is 0 Å². The van der Waals surface area contributed by atoms with E-state index < -0.39 is 0 Å². The molecule has 0 fully saturated rings. The fraction of sp³-hybridized carbons (Fsp3) is 0.562. The number of amides is 1. The van der Waals surface area contributed by atoms with E-state index in [9.17, 15) is 4.79 Å². The summed E-state index contributed by atoms with van der Waals surface area (Å²) in [6.45, 7) is 7.18. The Morgan fingerprint density at radius 3 is 2.52 bits per heavy atom. The maximum absolute atomic E-state index is 12.1. The standard InChI is InChI=1S/C16H24Cl2N2O/c1-16(2,3)11(8-9-19)4-7-15(21)20-14-10-12(17)5-6-13(14)18/h5-6,10-11H,4,7-9,19H2,1-3H3,(H,20,21). The molecule has 0 aromatic heterocycles. The van der Waals surface area contributed by atoms with Crippen molar-refractivity contribution in [3.63, 3.8) is 0 Å². The Balaban J connectivity index is 2.59. The van der Waals surface area contributed by atoms with E-state index >= 15 is 0 Å². The van der Waals surface area contributed by atoms with Crippen molar-refractivity contribution in [2.75, 3.05) is 11.9 Å². The highest BCUT2D eigenvalue weighted by molar-refractivity contribution is 6.35. The first-order valence-electron chi connectivity index (χ1n) is 7.19. The largest absolute Gasteiger partial charge is 0.330 e. The van der Waals surface area contributed by atoms with E-state index in [2.05, 4.69) is 26.1 Å². The maximum atomic E-state index is 12.1. The molecule has 1 aromatic rings. The molecule has 1 aromatic carbocycles. The Labute approximate surface area is 137 Å². The third-order valence-corrected chi connectivity index (χ3v) is 4.23. The van der Waals surface area contributed by atoms with Gasteiger partial charge in [0.05, 0.1) is 10.7 Å². The van der Waals surface area contributed by atoms with Gasteiger partial charge in [-0.05, 0) is 48.9 Å². The summed E-state index contributed by atoms with van der Waals surface area (Å²) in [6, 6.07) is 5.02. The molecule has 0 aliphatic carbocycles. The molecule has 0 radical (unpaired) electrons. The second-order valence-corrected chi connectivity index (χ2v) is 7.19. The minimum Gasteiger partial charge on any atom is -0.330 e. The highest BCUT2D eigenvalue weighted by Gasteiger charge is 2.24. The lowest BCUT2D eigenvalue weighted by Crippen LogP contribution is -2.25. The predicted molar refractivity (Wildman–Crippen MR) is 90.9 cm³/mol. The lowest BCUT2D eigenvalue weighted by Gasteiger charge is -2.30. The van der Waals surface area contributed by atoms with E-state index in [0.29, 0.717) is 34.6 Å². The highest BCUT2D eigenvalue weighted by Crippen LogP contribution is 2.32. The number of hydrogen-bond acceptors (Lipinski definition) is 2. The van der Waals surface area contributed by atoms with Gasteiger partial charge in [0, 0.05) is 11.4 Å². The molecule has 0 aliphatic heterocycles. The molecule has 0 bridgehead atoms. The summed E-state index contributed by atoms with van der Waals surface area (Å²) in [5, 5.41) is 3.85. The molecule has 0 saturated heterocycles. The highest BCUT2D eigenvalue weighted by atomic mass is 35.5. The fourth-order valence-corrected chi connectivity index (χ4v) is 2.66. The van der Waals surface area contributed by atoms with Crippen molar-refractivity contribution in [3.05, 3.63) is 28.2 Å². The quantitative estimate of drug-likeness (QED) is 0.792. The van der Waals surface area contributed by atoms with Gasteiger partial charge in [-0.3, -0.25) is 4.79 Å². The van der Waals surface area contributed by atoms with Gasteiger partial charge in [-0.1, -0.05) is 44.0 Å². The van der Waals surface area contributed by atoms with Crippen LogP contribution in [0.25, 0.3) is 0 Å². The summed E-state index contributed by atoms with van der Waals surface area (Å²) in [7, 11) is 0. The zero-order valence-electron chi connectivity index (χ0n) is 12.9. The zero-order valence-corrected chi connectivity index (χ0v) is 14.4. The smallest absolute Gasteiger partial charge is 0.224 e. The number of anilines is 1. The Morgan fingerprint density at radius 1 is 1.29 bits per heavy atom. The number of carbonyl (C=O) groups is 1. The minimum atomic E-state index is -0.0505. The first-order chi connectivity index (χ1) is 9.74. The third kappa shape index (κ3) is 6.25. The van der Waals surface area contributed by atoms with Crippen molar-refractivity contribution in [2.24, 2.45) is 17.1 Å². The Hall–Kier alpha value is -0.770. The van der Waals surface area contributed by atoms with Crippen molar-refractivity contribution >= 4 is 34.8 Å². The van der Waals surface area contributed by atoms with E-state index in [-0.39, 0.29) is 11.3 Å². The average molecular weight is 331 g/mol. The van der Waals surface area contributed by atoms with Crippen LogP contribution in [0.4, 0.5) is 5.69 Å². The van der Waals surface area contributed by atoms with Crippen LogP contribution in [0.2, 0.25) is 10.0 Å². The number of nitrogens with one attached hydrogen (secondary N) is 1. The monoisotopic (exact) mass is 330 g/mol. The molecule has 0 aliphatic rings. The van der Waals surface area contributed by atoms with Crippen molar-refractivity contribution in [2.45, 2.75) is 40.0 Å². The summed E-state index contributed by atoms with van der Waals surface area (Å²) in [4.78, 5) is 12.1. The van der Waals surface area contributed by atoms with E-state index in [0.717, 1.165) is 12.8 Å². The van der Waals surface area contributed by atoms with Gasteiger partial charge >= 0.3 is 0 Å². The molecule has 3 nitrogen and oxygen atoms in total. The second kappa shape index (κ2) is 8.02. The summed E-state index contributed by atoms with van der Waals surface area (Å²) < 4.78 is 0. The fourth-order valence-electron chi connectivity index (χ4n) is 2.32. The normalized spacial score (nSPS) is 13.0. The van der Waals surface area contributed by atoms with Crippen LogP contribution in [0.1, 0.15) is 40.0 Å². The molecule has 1 atom stereocenters. The molecule has 118 valence electrons. The molecule has 0 saturated carbocycles. The van der Waals surface area contributed by atoms with Crippen molar-refractivity contribution in [1.29, 1.82) is 0 Å². The van der Waals surface area contributed by atoms with Crippen LogP contribution in [-0.2, 0) is 4.79 Å². The van der Waals surface area contributed by atoms with E-state index in [4.69, 9.17) is 28.9 Å². The van der Waals surface area contributed by atoms with E-state index in [1.54, 1.807) is 18.2 Å². The van der Waals surface area contributed by atoms with Crippen LogP contribution in [0.3, 0.4) is 0 Å². The molecule has 1 amide bonds. The molecular weight excluding hydrogens is 307 g/mol. The van der Waals surface area contributed by atoms with Crippen LogP contribution in [0, 0.1) is 11.3 Å². The number of rotatable bonds is 6. The first-order valence-corrected chi connectivity index (χ1v) is 7.94. The van der Waals surface area contributed by atoms with Gasteiger partial charge < -0.3 is 11.1 Å². The van der Waals surface area contributed by atoms with E-state index in [1.165, 1.54) is 0 Å². The molecule has 0 heterocycles. The van der Waals surface area contributed by atoms with Crippen molar-refractivity contribution in [1.82, 2.24) is 0 Å². The summed E-state index contributed by atoms with van der Waals surface area (Å²) in [6.07, 6.45) is 2.18. The summed E-state index contributed by atoms with van der Waals surface area (Å²) in [5.41, 5.74) is 6.36. The minimum absolute atomic E-state index is 0.0505. The predicted octanol–water partition coefficient (Wildman–Crippen LogP) is 4.72. The average Bonchev–Trinajstić information content (AvgIpc) is 2.37. The van der Waals surface area contributed by atoms with Gasteiger partial charge in [0.1, 0.15) is 0 Å². The molecule has 5 heteroatoms. The Morgan fingerprint density at radius 2 is 1.95 bits per heavy atom. The summed E-state index contributed by atoms with van der Waals surface area (Å²) >= 11 is 11.9. The summed E-state index contributed by atoms with van der Waals surface area (Å²) in [5.74, 6) is 0.369.